The van der Waals surface area contributed by atoms with Crippen LogP contribution < -0.4 is 10.6 Å². The zero-order valence-corrected chi connectivity index (χ0v) is 11.4. The number of pyridine rings is 1. The second-order valence-corrected chi connectivity index (χ2v) is 4.62. The first-order chi connectivity index (χ1) is 9.15. The van der Waals surface area contributed by atoms with E-state index < -0.39 is 0 Å². The molecule has 0 aliphatic heterocycles. The summed E-state index contributed by atoms with van der Waals surface area (Å²) in [5.74, 6) is 0. The van der Waals surface area contributed by atoms with Gasteiger partial charge in [-0.3, -0.25) is 4.98 Å². The molecule has 19 heavy (non-hydrogen) atoms. The number of aromatic nitrogens is 1. The van der Waals surface area contributed by atoms with Gasteiger partial charge < -0.3 is 10.6 Å². The van der Waals surface area contributed by atoms with Crippen molar-refractivity contribution in [3.8, 4) is 0 Å². The van der Waals surface area contributed by atoms with E-state index in [-0.39, 0.29) is 6.03 Å². The molecule has 0 saturated carbocycles. The van der Waals surface area contributed by atoms with Gasteiger partial charge in [-0.2, -0.15) is 0 Å². The standard InChI is InChI=1S/C13H11Cl2N3O/c14-10-2-1-9(12(15)7-10)8-17-13(19)18-11-3-5-16-6-4-11/h1-7H,8H2,(H2,16,17,18,19). The highest BCUT2D eigenvalue weighted by Gasteiger charge is 2.04. The van der Waals surface area contributed by atoms with Crippen LogP contribution in [0.5, 0.6) is 0 Å². The van der Waals surface area contributed by atoms with Gasteiger partial charge in [0.1, 0.15) is 0 Å². The number of rotatable bonds is 3. The zero-order valence-electron chi connectivity index (χ0n) is 9.86. The number of urea groups is 1. The Bertz CT molecular complexity index is 575. The van der Waals surface area contributed by atoms with E-state index in [4.69, 9.17) is 23.2 Å². The molecule has 0 saturated heterocycles. The van der Waals surface area contributed by atoms with Crippen molar-refractivity contribution in [3.05, 3.63) is 58.3 Å². The molecule has 2 rings (SSSR count). The molecule has 0 radical (unpaired) electrons. The molecule has 0 fully saturated rings. The van der Waals surface area contributed by atoms with Crippen molar-refractivity contribution in [1.82, 2.24) is 10.3 Å². The van der Waals surface area contributed by atoms with Crippen LogP contribution in [-0.4, -0.2) is 11.0 Å². The third-order valence-corrected chi connectivity index (χ3v) is 2.98. The van der Waals surface area contributed by atoms with Gasteiger partial charge >= 0.3 is 6.03 Å². The predicted octanol–water partition coefficient (Wildman–Crippen LogP) is 3.71. The molecule has 0 unspecified atom stereocenters. The van der Waals surface area contributed by atoms with Crippen LogP contribution >= 0.6 is 23.2 Å². The maximum atomic E-state index is 11.7. The Balaban J connectivity index is 1.90. The van der Waals surface area contributed by atoms with Gasteiger partial charge in [-0.15, -0.1) is 0 Å². The quantitative estimate of drug-likeness (QED) is 0.907. The van der Waals surface area contributed by atoms with Crippen molar-refractivity contribution in [3.63, 3.8) is 0 Å². The summed E-state index contributed by atoms with van der Waals surface area (Å²) < 4.78 is 0. The lowest BCUT2D eigenvalue weighted by Gasteiger charge is -2.08. The lowest BCUT2D eigenvalue weighted by molar-refractivity contribution is 0.251. The van der Waals surface area contributed by atoms with Gasteiger partial charge in [0.15, 0.2) is 0 Å². The topological polar surface area (TPSA) is 54.0 Å². The van der Waals surface area contributed by atoms with Gasteiger partial charge in [0.25, 0.3) is 0 Å². The minimum atomic E-state index is -0.308. The second-order valence-electron chi connectivity index (χ2n) is 3.78. The van der Waals surface area contributed by atoms with E-state index >= 15 is 0 Å². The Morgan fingerprint density at radius 3 is 2.58 bits per heavy atom. The second kappa shape index (κ2) is 6.41. The summed E-state index contributed by atoms with van der Waals surface area (Å²) in [5.41, 5.74) is 1.48. The molecular weight excluding hydrogens is 285 g/mol. The van der Waals surface area contributed by atoms with Crippen LogP contribution in [-0.2, 0) is 6.54 Å². The summed E-state index contributed by atoms with van der Waals surface area (Å²) in [4.78, 5) is 15.5. The van der Waals surface area contributed by atoms with Gasteiger partial charge in [-0.1, -0.05) is 29.3 Å². The number of amides is 2. The molecule has 0 bridgehead atoms. The van der Waals surface area contributed by atoms with Crippen molar-refractivity contribution in [2.24, 2.45) is 0 Å². The third-order valence-electron chi connectivity index (χ3n) is 2.39. The summed E-state index contributed by atoms with van der Waals surface area (Å²) in [7, 11) is 0. The van der Waals surface area contributed by atoms with Gasteiger partial charge in [-0.25, -0.2) is 4.79 Å². The SMILES string of the molecule is O=C(NCc1ccc(Cl)cc1Cl)Nc1ccncc1. The lowest BCUT2D eigenvalue weighted by atomic mass is 10.2. The van der Waals surface area contributed by atoms with Crippen LogP contribution in [0.2, 0.25) is 10.0 Å². The molecule has 98 valence electrons. The minimum Gasteiger partial charge on any atom is -0.334 e. The maximum absolute atomic E-state index is 11.7. The summed E-state index contributed by atoms with van der Waals surface area (Å²) in [6, 6.07) is 8.24. The van der Waals surface area contributed by atoms with Crippen LogP contribution in [0.15, 0.2) is 42.7 Å². The van der Waals surface area contributed by atoms with Crippen LogP contribution in [0.3, 0.4) is 0 Å². The Morgan fingerprint density at radius 1 is 1.16 bits per heavy atom. The van der Waals surface area contributed by atoms with E-state index in [0.717, 1.165) is 5.56 Å². The minimum absolute atomic E-state index is 0.308. The summed E-state index contributed by atoms with van der Waals surface area (Å²) in [5, 5.41) is 6.48. The first-order valence-corrected chi connectivity index (χ1v) is 6.29. The first-order valence-electron chi connectivity index (χ1n) is 5.54. The van der Waals surface area contributed by atoms with Crippen molar-refractivity contribution in [1.29, 1.82) is 0 Å². The molecular formula is C13H11Cl2N3O. The number of anilines is 1. The fourth-order valence-corrected chi connectivity index (χ4v) is 1.93. The molecule has 2 N–H and O–H groups in total. The molecule has 6 heteroatoms. The van der Waals surface area contributed by atoms with E-state index in [2.05, 4.69) is 15.6 Å². The van der Waals surface area contributed by atoms with Gasteiger partial charge in [0.05, 0.1) is 0 Å². The van der Waals surface area contributed by atoms with Crippen LogP contribution in [0.4, 0.5) is 10.5 Å². The molecule has 2 amide bonds. The zero-order chi connectivity index (χ0) is 13.7. The molecule has 0 aliphatic rings. The van der Waals surface area contributed by atoms with E-state index in [1.165, 1.54) is 0 Å². The van der Waals surface area contributed by atoms with Crippen molar-refractivity contribution in [2.45, 2.75) is 6.54 Å². The normalized spacial score (nSPS) is 10.0. The van der Waals surface area contributed by atoms with E-state index in [9.17, 15) is 4.79 Å². The molecule has 0 spiro atoms. The summed E-state index contributed by atoms with van der Waals surface area (Å²) in [6.45, 7) is 0.326. The number of benzene rings is 1. The Morgan fingerprint density at radius 2 is 1.89 bits per heavy atom. The lowest BCUT2D eigenvalue weighted by Crippen LogP contribution is -2.28. The average Bonchev–Trinajstić information content (AvgIpc) is 2.39. The van der Waals surface area contributed by atoms with Crippen molar-refractivity contribution < 1.29 is 4.79 Å². The smallest absolute Gasteiger partial charge is 0.319 e. The molecule has 0 atom stereocenters. The van der Waals surface area contributed by atoms with Gasteiger partial charge in [-0.05, 0) is 29.8 Å². The van der Waals surface area contributed by atoms with Gasteiger partial charge in [0.2, 0.25) is 0 Å². The molecule has 1 heterocycles. The van der Waals surface area contributed by atoms with E-state index in [0.29, 0.717) is 22.3 Å². The van der Waals surface area contributed by atoms with Crippen LogP contribution in [0.25, 0.3) is 0 Å². The summed E-state index contributed by atoms with van der Waals surface area (Å²) >= 11 is 11.8. The van der Waals surface area contributed by atoms with Crippen molar-refractivity contribution in [2.75, 3.05) is 5.32 Å². The number of hydrogen-bond acceptors (Lipinski definition) is 2. The first kappa shape index (κ1) is 13.6. The van der Waals surface area contributed by atoms with E-state index in [1.54, 1.807) is 42.7 Å². The van der Waals surface area contributed by atoms with Crippen molar-refractivity contribution >= 4 is 34.9 Å². The number of carbonyl (C=O) groups excluding carboxylic acids is 1. The Kier molecular flexibility index (Phi) is 4.60. The van der Waals surface area contributed by atoms with Crippen LogP contribution in [0.1, 0.15) is 5.56 Å². The summed E-state index contributed by atoms with van der Waals surface area (Å²) in [6.07, 6.45) is 3.21. The fourth-order valence-electron chi connectivity index (χ4n) is 1.45. The predicted molar refractivity (Wildman–Crippen MR) is 76.6 cm³/mol. The van der Waals surface area contributed by atoms with E-state index in [1.807, 2.05) is 0 Å². The van der Waals surface area contributed by atoms with Crippen LogP contribution in [0, 0.1) is 0 Å². The molecule has 1 aromatic heterocycles. The highest BCUT2D eigenvalue weighted by Crippen LogP contribution is 2.20. The molecule has 1 aromatic carbocycles. The number of nitrogens with zero attached hydrogens (tertiary/aromatic N) is 1. The highest BCUT2D eigenvalue weighted by atomic mass is 35.5. The van der Waals surface area contributed by atoms with Gasteiger partial charge in [0, 0.05) is 34.7 Å². The molecule has 2 aromatic rings. The number of carbonyl (C=O) groups is 1. The molecule has 4 nitrogen and oxygen atoms in total. The maximum Gasteiger partial charge on any atom is 0.319 e. The highest BCUT2D eigenvalue weighted by molar-refractivity contribution is 6.35. The molecule has 0 aliphatic carbocycles. The average molecular weight is 296 g/mol. The Labute approximate surface area is 120 Å². The number of hydrogen-bond donors (Lipinski definition) is 2. The number of halogens is 2. The Hall–Kier alpha value is -1.78. The monoisotopic (exact) mass is 295 g/mol. The number of nitrogens with one attached hydrogen (secondary N) is 2. The fraction of sp³-hybridized carbons (Fsp3) is 0.0769. The third kappa shape index (κ3) is 4.12. The largest absolute Gasteiger partial charge is 0.334 e.